The topological polar surface area (TPSA) is 45.2 Å². The van der Waals surface area contributed by atoms with Gasteiger partial charge in [0.2, 0.25) is 0 Å². The molecule has 1 aliphatic heterocycles. The van der Waals surface area contributed by atoms with Crippen molar-refractivity contribution >= 4 is 26.8 Å². The molecule has 2 heterocycles. The molecule has 2 aromatic rings. The standard InChI is InChI=1S/C18H24BrNO2/c1-3-12-10-13(19)11-15-14-6-9-22-18(4-2,7-5-8-21)17(14)20-16(12)15/h10-11,20-21H,3-9H2,1-2H3. The van der Waals surface area contributed by atoms with Crippen LogP contribution >= 0.6 is 15.9 Å². The number of aliphatic hydroxyl groups excluding tert-OH is 1. The highest BCUT2D eigenvalue weighted by molar-refractivity contribution is 9.10. The summed E-state index contributed by atoms with van der Waals surface area (Å²) in [7, 11) is 0. The number of halogens is 1. The lowest BCUT2D eigenvalue weighted by Gasteiger charge is -2.36. The van der Waals surface area contributed by atoms with Crippen LogP contribution in [0.4, 0.5) is 0 Å². The van der Waals surface area contributed by atoms with Crippen molar-refractivity contribution in [3.05, 3.63) is 33.4 Å². The van der Waals surface area contributed by atoms with Gasteiger partial charge in [0.05, 0.1) is 12.3 Å². The zero-order valence-corrected chi connectivity index (χ0v) is 14.9. The van der Waals surface area contributed by atoms with Gasteiger partial charge in [-0.15, -0.1) is 0 Å². The molecule has 120 valence electrons. The molecule has 0 bridgehead atoms. The molecule has 1 aromatic carbocycles. The number of aromatic amines is 1. The Labute approximate surface area is 140 Å². The van der Waals surface area contributed by atoms with E-state index in [-0.39, 0.29) is 12.2 Å². The monoisotopic (exact) mass is 365 g/mol. The maximum atomic E-state index is 9.24. The van der Waals surface area contributed by atoms with E-state index in [9.17, 15) is 5.11 Å². The smallest absolute Gasteiger partial charge is 0.108 e. The number of benzene rings is 1. The molecule has 1 aromatic heterocycles. The number of H-pyrrole nitrogens is 1. The van der Waals surface area contributed by atoms with E-state index in [4.69, 9.17) is 4.74 Å². The Kier molecular flexibility index (Phi) is 4.62. The molecule has 0 radical (unpaired) electrons. The van der Waals surface area contributed by atoms with Crippen molar-refractivity contribution in [3.63, 3.8) is 0 Å². The Balaban J connectivity index is 2.20. The van der Waals surface area contributed by atoms with Gasteiger partial charge in [0, 0.05) is 22.0 Å². The first-order chi connectivity index (χ1) is 10.6. The van der Waals surface area contributed by atoms with Gasteiger partial charge in [-0.3, -0.25) is 0 Å². The summed E-state index contributed by atoms with van der Waals surface area (Å²) in [6.07, 6.45) is 4.52. The summed E-state index contributed by atoms with van der Waals surface area (Å²) < 4.78 is 7.36. The summed E-state index contributed by atoms with van der Waals surface area (Å²) in [4.78, 5) is 3.69. The number of aliphatic hydroxyl groups is 1. The first kappa shape index (κ1) is 16.0. The molecule has 1 unspecified atom stereocenters. The van der Waals surface area contributed by atoms with Crippen LogP contribution in [0.15, 0.2) is 16.6 Å². The first-order valence-electron chi connectivity index (χ1n) is 8.23. The summed E-state index contributed by atoms with van der Waals surface area (Å²) in [5.74, 6) is 0. The zero-order valence-electron chi connectivity index (χ0n) is 13.3. The van der Waals surface area contributed by atoms with Crippen LogP contribution in [0.3, 0.4) is 0 Å². The van der Waals surface area contributed by atoms with E-state index in [0.717, 1.165) is 43.2 Å². The SMILES string of the molecule is CCc1cc(Br)cc2c3c([nH]c12)C(CC)(CCCO)OCC3. The third-order valence-corrected chi connectivity index (χ3v) is 5.40. The van der Waals surface area contributed by atoms with Gasteiger partial charge in [0.1, 0.15) is 5.60 Å². The Bertz CT molecular complexity index is 679. The van der Waals surface area contributed by atoms with Crippen molar-refractivity contribution < 1.29 is 9.84 Å². The summed E-state index contributed by atoms with van der Waals surface area (Å²) in [6.45, 7) is 5.34. The lowest BCUT2D eigenvalue weighted by atomic mass is 9.85. The van der Waals surface area contributed by atoms with E-state index in [1.807, 2.05) is 0 Å². The first-order valence-corrected chi connectivity index (χ1v) is 9.02. The molecule has 0 fully saturated rings. The molecular weight excluding hydrogens is 342 g/mol. The fourth-order valence-electron chi connectivity index (χ4n) is 3.75. The molecular formula is C18H24BrNO2. The Morgan fingerprint density at radius 2 is 2.18 bits per heavy atom. The van der Waals surface area contributed by atoms with Crippen LogP contribution in [0.1, 0.15) is 49.9 Å². The summed E-state index contributed by atoms with van der Waals surface area (Å²) >= 11 is 3.65. The Hall–Kier alpha value is -0.840. The summed E-state index contributed by atoms with van der Waals surface area (Å²) in [5, 5.41) is 10.6. The minimum Gasteiger partial charge on any atom is -0.396 e. The number of ether oxygens (including phenoxy) is 1. The van der Waals surface area contributed by atoms with Crippen LogP contribution in [0, 0.1) is 0 Å². The molecule has 0 saturated carbocycles. The fourth-order valence-corrected chi connectivity index (χ4v) is 4.25. The normalized spacial score (nSPS) is 21.3. The number of hydrogen-bond donors (Lipinski definition) is 2. The molecule has 1 atom stereocenters. The lowest BCUT2D eigenvalue weighted by Crippen LogP contribution is -2.35. The van der Waals surface area contributed by atoms with Crippen molar-refractivity contribution in [1.82, 2.24) is 4.98 Å². The molecule has 2 N–H and O–H groups in total. The fraction of sp³-hybridized carbons (Fsp3) is 0.556. The van der Waals surface area contributed by atoms with Crippen molar-refractivity contribution in [2.24, 2.45) is 0 Å². The van der Waals surface area contributed by atoms with E-state index in [2.05, 4.69) is 46.9 Å². The molecule has 0 spiro atoms. The van der Waals surface area contributed by atoms with E-state index < -0.39 is 0 Å². The molecule has 3 rings (SSSR count). The molecule has 0 amide bonds. The van der Waals surface area contributed by atoms with Gasteiger partial charge in [-0.1, -0.05) is 29.8 Å². The minimum absolute atomic E-state index is 0.215. The molecule has 22 heavy (non-hydrogen) atoms. The van der Waals surface area contributed by atoms with Gasteiger partial charge in [0.25, 0.3) is 0 Å². The lowest BCUT2D eigenvalue weighted by molar-refractivity contribution is -0.0749. The van der Waals surface area contributed by atoms with Crippen LogP contribution in [0.2, 0.25) is 0 Å². The average molecular weight is 366 g/mol. The highest BCUT2D eigenvalue weighted by atomic mass is 79.9. The number of hydrogen-bond acceptors (Lipinski definition) is 2. The largest absolute Gasteiger partial charge is 0.396 e. The van der Waals surface area contributed by atoms with Crippen LogP contribution in [0.25, 0.3) is 10.9 Å². The Morgan fingerprint density at radius 3 is 2.86 bits per heavy atom. The number of aromatic nitrogens is 1. The van der Waals surface area contributed by atoms with Gasteiger partial charge in [-0.2, -0.15) is 0 Å². The van der Waals surface area contributed by atoms with Gasteiger partial charge in [0.15, 0.2) is 0 Å². The van der Waals surface area contributed by atoms with Gasteiger partial charge >= 0.3 is 0 Å². The molecule has 3 nitrogen and oxygen atoms in total. The van der Waals surface area contributed by atoms with Crippen LogP contribution < -0.4 is 0 Å². The highest BCUT2D eigenvalue weighted by Crippen LogP contribution is 2.43. The number of nitrogens with one attached hydrogen (secondary N) is 1. The van der Waals surface area contributed by atoms with Gasteiger partial charge < -0.3 is 14.8 Å². The van der Waals surface area contributed by atoms with E-state index in [1.165, 1.54) is 27.7 Å². The second-order valence-electron chi connectivity index (χ2n) is 6.09. The van der Waals surface area contributed by atoms with Gasteiger partial charge in [-0.05, 0) is 55.4 Å². The van der Waals surface area contributed by atoms with E-state index in [0.29, 0.717) is 0 Å². The van der Waals surface area contributed by atoms with Crippen LogP contribution in [-0.2, 0) is 23.2 Å². The number of fused-ring (bicyclic) bond motifs is 3. The maximum absolute atomic E-state index is 9.24. The van der Waals surface area contributed by atoms with Gasteiger partial charge in [-0.25, -0.2) is 0 Å². The van der Waals surface area contributed by atoms with Crippen LogP contribution in [0.5, 0.6) is 0 Å². The Morgan fingerprint density at radius 1 is 1.36 bits per heavy atom. The van der Waals surface area contributed by atoms with Crippen molar-refractivity contribution in [3.8, 4) is 0 Å². The molecule has 4 heteroatoms. The third-order valence-electron chi connectivity index (χ3n) is 4.94. The molecule has 0 aliphatic carbocycles. The van der Waals surface area contributed by atoms with E-state index in [1.54, 1.807) is 0 Å². The number of aryl methyl sites for hydroxylation is 1. The predicted octanol–water partition coefficient (Wildman–Crippen LogP) is 4.44. The molecule has 1 aliphatic rings. The zero-order chi connectivity index (χ0) is 15.7. The molecule has 0 saturated heterocycles. The van der Waals surface area contributed by atoms with Crippen LogP contribution in [-0.4, -0.2) is 23.3 Å². The summed E-state index contributed by atoms with van der Waals surface area (Å²) in [5.41, 5.74) is 4.95. The maximum Gasteiger partial charge on any atom is 0.108 e. The minimum atomic E-state index is -0.271. The summed E-state index contributed by atoms with van der Waals surface area (Å²) in [6, 6.07) is 4.42. The van der Waals surface area contributed by atoms with Crippen molar-refractivity contribution in [2.75, 3.05) is 13.2 Å². The predicted molar refractivity (Wildman–Crippen MR) is 93.3 cm³/mol. The number of rotatable bonds is 5. The quantitative estimate of drug-likeness (QED) is 0.822. The highest BCUT2D eigenvalue weighted by Gasteiger charge is 2.38. The third kappa shape index (κ3) is 2.51. The second-order valence-corrected chi connectivity index (χ2v) is 7.01. The van der Waals surface area contributed by atoms with Crippen molar-refractivity contribution in [1.29, 1.82) is 0 Å². The second kappa shape index (κ2) is 6.34. The van der Waals surface area contributed by atoms with E-state index >= 15 is 0 Å². The average Bonchev–Trinajstić information content (AvgIpc) is 2.91. The van der Waals surface area contributed by atoms with Crippen molar-refractivity contribution in [2.45, 2.75) is 51.6 Å².